The van der Waals surface area contributed by atoms with Gasteiger partial charge in [-0.2, -0.15) is 0 Å². The summed E-state index contributed by atoms with van der Waals surface area (Å²) in [7, 11) is 3.00. The molecule has 0 aromatic rings. The molecule has 4 N–H and O–H groups in total. The standard InChI is InChI=1S/C36H64N4O4/c1-9-23-19(3)27-15-28-21(5)25(11-13-35(41)43-7)33(39-28)18-34-26(12-14-36(42)44-8)22(6)30(40-34)17-32-24(10-2)20(4)29(38-32)16-31(23)37-27/h19-34,37-40H,9-18H2,1-8H3. The van der Waals surface area contributed by atoms with E-state index < -0.39 is 0 Å². The summed E-state index contributed by atoms with van der Waals surface area (Å²) >= 11 is 0. The van der Waals surface area contributed by atoms with E-state index in [4.69, 9.17) is 9.47 Å². The van der Waals surface area contributed by atoms with Crippen LogP contribution in [0.5, 0.6) is 0 Å². The van der Waals surface area contributed by atoms with Crippen LogP contribution in [0.1, 0.15) is 106 Å². The first kappa shape index (κ1) is 34.1. The molecular formula is C36H64N4O4. The van der Waals surface area contributed by atoms with Gasteiger partial charge < -0.3 is 30.7 Å². The zero-order chi connectivity index (χ0) is 31.7. The second-order valence-corrected chi connectivity index (χ2v) is 15.6. The monoisotopic (exact) mass is 616 g/mol. The molecule has 0 saturated carbocycles. The highest BCUT2D eigenvalue weighted by molar-refractivity contribution is 5.69. The maximum Gasteiger partial charge on any atom is 0.305 e. The van der Waals surface area contributed by atoms with Crippen molar-refractivity contribution in [3.63, 3.8) is 0 Å². The third-order valence-corrected chi connectivity index (χ3v) is 13.8. The van der Waals surface area contributed by atoms with Crippen LogP contribution in [-0.4, -0.2) is 74.5 Å². The number of rotatable bonds is 8. The first-order chi connectivity index (χ1) is 21.1. The van der Waals surface area contributed by atoms with Crippen molar-refractivity contribution in [2.24, 2.45) is 47.3 Å². The predicted octanol–water partition coefficient (Wildman–Crippen LogP) is 4.66. The normalized spacial score (nSPS) is 47.1. The molecule has 5 saturated heterocycles. The summed E-state index contributed by atoms with van der Waals surface area (Å²) in [4.78, 5) is 24.6. The minimum absolute atomic E-state index is 0.108. The molecule has 5 heterocycles. The smallest absolute Gasteiger partial charge is 0.305 e. The highest BCUT2D eigenvalue weighted by atomic mass is 16.5. The lowest BCUT2D eigenvalue weighted by molar-refractivity contribution is -0.141. The third-order valence-electron chi connectivity index (χ3n) is 13.8. The number of nitrogens with one attached hydrogen (secondary N) is 4. The molecule has 8 nitrogen and oxygen atoms in total. The zero-order valence-corrected chi connectivity index (χ0v) is 28.9. The van der Waals surface area contributed by atoms with Gasteiger partial charge in [-0.15, -0.1) is 0 Å². The summed E-state index contributed by atoms with van der Waals surface area (Å²) < 4.78 is 10.1. The molecule has 8 heteroatoms. The fraction of sp³-hybridized carbons (Fsp3) is 0.944. The van der Waals surface area contributed by atoms with E-state index >= 15 is 0 Å². The molecular weight excluding hydrogens is 552 g/mol. The van der Waals surface area contributed by atoms with E-state index in [-0.39, 0.29) is 11.9 Å². The van der Waals surface area contributed by atoms with Crippen LogP contribution in [0.2, 0.25) is 0 Å². The Labute approximate surface area is 267 Å². The Bertz CT molecular complexity index is 980. The highest BCUT2D eigenvalue weighted by Gasteiger charge is 2.51. The van der Waals surface area contributed by atoms with Gasteiger partial charge in [-0.3, -0.25) is 9.59 Å². The van der Waals surface area contributed by atoms with E-state index in [0.29, 0.717) is 109 Å². The van der Waals surface area contributed by atoms with Crippen LogP contribution in [0.3, 0.4) is 0 Å². The van der Waals surface area contributed by atoms with Crippen molar-refractivity contribution < 1.29 is 19.1 Å². The molecule has 0 amide bonds. The molecule has 0 aliphatic carbocycles. The van der Waals surface area contributed by atoms with Gasteiger partial charge in [-0.25, -0.2) is 0 Å². The summed E-state index contributed by atoms with van der Waals surface area (Å²) in [5.74, 6) is 4.32. The Morgan fingerprint density at radius 2 is 0.773 bits per heavy atom. The average molecular weight is 617 g/mol. The first-order valence-electron chi connectivity index (χ1n) is 18.3. The lowest BCUT2D eigenvalue weighted by Gasteiger charge is -2.28. The molecule has 5 aliphatic rings. The van der Waals surface area contributed by atoms with Gasteiger partial charge in [0.15, 0.2) is 0 Å². The van der Waals surface area contributed by atoms with Crippen LogP contribution in [0.15, 0.2) is 0 Å². The van der Waals surface area contributed by atoms with Crippen LogP contribution < -0.4 is 21.3 Å². The maximum absolute atomic E-state index is 12.3. The van der Waals surface area contributed by atoms with E-state index in [9.17, 15) is 9.59 Å². The summed E-state index contributed by atoms with van der Waals surface area (Å²) in [6.07, 6.45) is 9.63. The van der Waals surface area contributed by atoms with Gasteiger partial charge >= 0.3 is 11.9 Å². The summed E-state index contributed by atoms with van der Waals surface area (Å²) in [5.41, 5.74) is 0. The Kier molecular flexibility index (Phi) is 11.4. The topological polar surface area (TPSA) is 101 Å². The lowest BCUT2D eigenvalue weighted by atomic mass is 9.76. The Balaban J connectivity index is 1.45. The average Bonchev–Trinajstić information content (AvgIpc) is 3.67. The summed E-state index contributed by atoms with van der Waals surface area (Å²) in [6, 6.07) is 3.66. The molecule has 5 rings (SSSR count). The first-order valence-corrected chi connectivity index (χ1v) is 18.3. The van der Waals surface area contributed by atoms with Crippen molar-refractivity contribution in [2.75, 3.05) is 14.2 Å². The van der Waals surface area contributed by atoms with Crippen LogP contribution in [-0.2, 0) is 19.1 Å². The van der Waals surface area contributed by atoms with Crippen LogP contribution in [0.4, 0.5) is 0 Å². The fourth-order valence-electron chi connectivity index (χ4n) is 11.1. The molecule has 0 spiro atoms. The fourth-order valence-corrected chi connectivity index (χ4v) is 11.1. The Morgan fingerprint density at radius 1 is 0.500 bits per heavy atom. The minimum Gasteiger partial charge on any atom is -0.469 e. The van der Waals surface area contributed by atoms with Gasteiger partial charge in [0.25, 0.3) is 0 Å². The van der Waals surface area contributed by atoms with Gasteiger partial charge in [-0.1, -0.05) is 54.4 Å². The second-order valence-electron chi connectivity index (χ2n) is 15.6. The van der Waals surface area contributed by atoms with Crippen LogP contribution in [0.25, 0.3) is 0 Å². The number of ether oxygens (including phenoxy) is 2. The molecule has 44 heavy (non-hydrogen) atoms. The second kappa shape index (κ2) is 14.7. The molecule has 252 valence electrons. The van der Waals surface area contributed by atoms with Gasteiger partial charge in [0.2, 0.25) is 0 Å². The van der Waals surface area contributed by atoms with Crippen molar-refractivity contribution in [2.45, 2.75) is 154 Å². The van der Waals surface area contributed by atoms with Crippen molar-refractivity contribution in [1.82, 2.24) is 21.3 Å². The van der Waals surface area contributed by atoms with E-state index in [1.807, 2.05) is 0 Å². The molecule has 5 aliphatic heterocycles. The van der Waals surface area contributed by atoms with Gasteiger partial charge in [0, 0.05) is 61.2 Å². The molecule has 8 bridgehead atoms. The number of carbonyl (C=O) groups excluding carboxylic acids is 2. The summed E-state index contributed by atoms with van der Waals surface area (Å²) in [6.45, 7) is 14.6. The quantitative estimate of drug-likeness (QED) is 0.293. The number of fused-ring (bicyclic) bond motifs is 8. The van der Waals surface area contributed by atoms with Gasteiger partial charge in [-0.05, 0) is 85.9 Å². The maximum atomic E-state index is 12.3. The third kappa shape index (κ3) is 6.89. The number of esters is 2. The number of hydrogen-bond acceptors (Lipinski definition) is 8. The molecule has 5 fully saturated rings. The minimum atomic E-state index is -0.108. The van der Waals surface area contributed by atoms with Gasteiger partial charge in [0.1, 0.15) is 0 Å². The number of hydrogen-bond donors (Lipinski definition) is 4. The van der Waals surface area contributed by atoms with Crippen molar-refractivity contribution in [1.29, 1.82) is 0 Å². The number of carbonyl (C=O) groups is 2. The van der Waals surface area contributed by atoms with Crippen LogP contribution in [0, 0.1) is 47.3 Å². The summed E-state index contributed by atoms with van der Waals surface area (Å²) in [5, 5.41) is 16.7. The number of methoxy groups -OCH3 is 2. The lowest BCUT2D eigenvalue weighted by Crippen LogP contribution is -2.45. The largest absolute Gasteiger partial charge is 0.469 e. The van der Waals surface area contributed by atoms with E-state index in [1.54, 1.807) is 0 Å². The van der Waals surface area contributed by atoms with Crippen molar-refractivity contribution in [3.05, 3.63) is 0 Å². The van der Waals surface area contributed by atoms with Crippen molar-refractivity contribution in [3.8, 4) is 0 Å². The van der Waals surface area contributed by atoms with E-state index in [0.717, 1.165) is 32.1 Å². The molecule has 16 atom stereocenters. The van der Waals surface area contributed by atoms with Crippen molar-refractivity contribution >= 4 is 11.9 Å². The molecule has 0 radical (unpaired) electrons. The molecule has 16 unspecified atom stereocenters. The highest BCUT2D eigenvalue weighted by Crippen LogP contribution is 2.45. The van der Waals surface area contributed by atoms with E-state index in [1.165, 1.54) is 33.5 Å². The Hall–Kier alpha value is -1.22. The van der Waals surface area contributed by atoms with Crippen LogP contribution >= 0.6 is 0 Å². The Morgan fingerprint density at radius 3 is 1.09 bits per heavy atom. The molecule has 0 aromatic heterocycles. The zero-order valence-electron chi connectivity index (χ0n) is 28.9. The molecule has 0 aromatic carbocycles. The SMILES string of the molecule is CCC1C2CC3NC(CC4NC(CC5NC(CC(N2)C1C)C(C)C5CCC(=O)OC)C(CCC(=O)OC)C4C)C(CC)C3C. The van der Waals surface area contributed by atoms with Gasteiger partial charge in [0.05, 0.1) is 14.2 Å². The predicted molar refractivity (Wildman–Crippen MR) is 175 cm³/mol. The van der Waals surface area contributed by atoms with E-state index in [2.05, 4.69) is 62.8 Å².